The second kappa shape index (κ2) is 11.9. The van der Waals surface area contributed by atoms with Crippen molar-refractivity contribution < 1.29 is 17.9 Å². The summed E-state index contributed by atoms with van der Waals surface area (Å²) < 4.78 is 35.6. The summed E-state index contributed by atoms with van der Waals surface area (Å²) in [5.74, 6) is -0.254. The molecule has 5 rings (SSSR count). The van der Waals surface area contributed by atoms with Crippen molar-refractivity contribution in [3.05, 3.63) is 59.7 Å². The second-order valence-corrected chi connectivity index (χ2v) is 12.5. The number of sulfonamides is 1. The van der Waals surface area contributed by atoms with Gasteiger partial charge in [0, 0.05) is 30.4 Å². The minimum Gasteiger partial charge on any atom is -0.473 e. The summed E-state index contributed by atoms with van der Waals surface area (Å²) in [6.07, 6.45) is 4.80. The zero-order chi connectivity index (χ0) is 28.3. The van der Waals surface area contributed by atoms with Crippen LogP contribution in [0.2, 0.25) is 0 Å². The molecule has 3 heterocycles. The average molecular weight is 564 g/mol. The summed E-state index contributed by atoms with van der Waals surface area (Å²) in [5.41, 5.74) is 3.91. The molecule has 1 fully saturated rings. The molecular weight excluding hydrogens is 526 g/mol. The van der Waals surface area contributed by atoms with E-state index in [1.165, 1.54) is 25.0 Å². The van der Waals surface area contributed by atoms with Gasteiger partial charge in [-0.25, -0.2) is 18.1 Å². The Morgan fingerprint density at radius 1 is 1.00 bits per heavy atom. The molecule has 1 saturated heterocycles. The second-order valence-electron chi connectivity index (χ2n) is 10.8. The molecule has 0 saturated carbocycles. The van der Waals surface area contributed by atoms with Gasteiger partial charge in [-0.05, 0) is 62.6 Å². The van der Waals surface area contributed by atoms with E-state index in [2.05, 4.69) is 31.8 Å². The molecule has 9 nitrogen and oxygen atoms in total. The molecule has 2 aromatic carbocycles. The Labute approximate surface area is 236 Å². The van der Waals surface area contributed by atoms with Crippen LogP contribution >= 0.6 is 0 Å². The lowest BCUT2D eigenvalue weighted by Crippen LogP contribution is -2.49. The van der Waals surface area contributed by atoms with E-state index in [0.29, 0.717) is 30.9 Å². The Morgan fingerprint density at radius 3 is 2.55 bits per heavy atom. The maximum Gasteiger partial charge on any atom is 0.264 e. The molecule has 1 aromatic heterocycles. The number of hydrogen-bond acceptors (Lipinski definition) is 7. The Kier molecular flexibility index (Phi) is 8.37. The maximum absolute atomic E-state index is 13.4. The van der Waals surface area contributed by atoms with Gasteiger partial charge in [0.25, 0.3) is 10.0 Å². The molecule has 0 spiro atoms. The van der Waals surface area contributed by atoms with Crippen LogP contribution in [-0.4, -0.2) is 54.9 Å². The Hall–Kier alpha value is -3.50. The number of hydrogen-bond donors (Lipinski definition) is 2. The van der Waals surface area contributed by atoms with Crippen molar-refractivity contribution in [2.45, 2.75) is 63.9 Å². The summed E-state index contributed by atoms with van der Waals surface area (Å²) in [6, 6.07) is 14.0. The normalized spacial score (nSPS) is 20.5. The lowest BCUT2D eigenvalue weighted by atomic mass is 9.94. The molecule has 6 bridgehead atoms. The lowest BCUT2D eigenvalue weighted by molar-refractivity contribution is -0.123. The first-order valence-corrected chi connectivity index (χ1v) is 15.5. The van der Waals surface area contributed by atoms with E-state index in [-0.39, 0.29) is 34.7 Å². The van der Waals surface area contributed by atoms with E-state index in [4.69, 9.17) is 4.74 Å². The molecule has 0 aliphatic carbocycles. The van der Waals surface area contributed by atoms with Gasteiger partial charge in [-0.15, -0.1) is 0 Å². The number of ether oxygens (including phenoxy) is 1. The summed E-state index contributed by atoms with van der Waals surface area (Å²) in [4.78, 5) is 24.8. The van der Waals surface area contributed by atoms with Gasteiger partial charge in [-0.1, -0.05) is 50.5 Å². The Balaban J connectivity index is 1.57. The van der Waals surface area contributed by atoms with Crippen LogP contribution in [0.25, 0.3) is 11.3 Å². The number of rotatable bonds is 6. The van der Waals surface area contributed by atoms with Crippen LogP contribution < -0.4 is 14.8 Å². The van der Waals surface area contributed by atoms with Gasteiger partial charge >= 0.3 is 0 Å². The summed E-state index contributed by atoms with van der Waals surface area (Å²) >= 11 is 0. The first-order valence-electron chi connectivity index (χ1n) is 14.0. The number of anilines is 2. The van der Waals surface area contributed by atoms with E-state index in [1.54, 1.807) is 18.2 Å². The van der Waals surface area contributed by atoms with Crippen LogP contribution in [0.5, 0.6) is 5.88 Å². The van der Waals surface area contributed by atoms with Crippen molar-refractivity contribution >= 4 is 27.6 Å². The molecule has 10 heteroatoms. The summed E-state index contributed by atoms with van der Waals surface area (Å²) in [7, 11) is -4.04. The van der Waals surface area contributed by atoms with Crippen molar-refractivity contribution in [3.63, 3.8) is 0 Å². The lowest BCUT2D eigenvalue weighted by Gasteiger charge is -2.37. The van der Waals surface area contributed by atoms with Gasteiger partial charge in [0.05, 0.1) is 16.5 Å². The first kappa shape index (κ1) is 28.0. The number of amides is 1. The van der Waals surface area contributed by atoms with E-state index in [9.17, 15) is 13.2 Å². The van der Waals surface area contributed by atoms with Gasteiger partial charge < -0.3 is 10.1 Å². The molecule has 2 aliphatic heterocycles. The number of nitrogens with zero attached hydrogens (tertiary/aromatic N) is 3. The fourth-order valence-electron chi connectivity index (χ4n) is 5.57. The molecule has 0 radical (unpaired) electrons. The van der Waals surface area contributed by atoms with E-state index in [0.717, 1.165) is 36.1 Å². The molecule has 40 heavy (non-hydrogen) atoms. The number of nitrogens with one attached hydrogen (secondary N) is 2. The minimum atomic E-state index is -4.04. The third-order valence-corrected chi connectivity index (χ3v) is 8.88. The SMILES string of the molecule is CCCCCCN1C[C@@H]2C[C@H](C1)C(=O)Nc1cccc(c1)S(=O)(=O)Nc1nc(cc(-c3c(C)cccc3C)n1)O2. The molecular formula is C30H37N5O4S. The number of aromatic nitrogens is 2. The molecule has 1 amide bonds. The Bertz CT molecular complexity index is 1470. The molecule has 0 unspecified atom stereocenters. The minimum absolute atomic E-state index is 0.00461. The average Bonchev–Trinajstić information content (AvgIpc) is 2.90. The van der Waals surface area contributed by atoms with Gasteiger partial charge in [0.15, 0.2) is 0 Å². The molecule has 2 aliphatic rings. The maximum atomic E-state index is 13.4. The number of likely N-dealkylation sites (tertiary alicyclic amines) is 1. The van der Waals surface area contributed by atoms with Gasteiger partial charge in [-0.3, -0.25) is 9.69 Å². The van der Waals surface area contributed by atoms with Gasteiger partial charge in [0.2, 0.25) is 17.7 Å². The number of unbranched alkanes of at least 4 members (excludes halogenated alkanes) is 3. The van der Waals surface area contributed by atoms with E-state index >= 15 is 0 Å². The van der Waals surface area contributed by atoms with E-state index in [1.807, 2.05) is 32.0 Å². The number of carbonyl (C=O) groups is 1. The predicted octanol–water partition coefficient (Wildman–Crippen LogP) is 5.16. The third kappa shape index (κ3) is 6.45. The zero-order valence-corrected chi connectivity index (χ0v) is 24.1. The van der Waals surface area contributed by atoms with Crippen LogP contribution in [0.1, 0.15) is 50.2 Å². The van der Waals surface area contributed by atoms with Crippen molar-refractivity contribution in [1.29, 1.82) is 0 Å². The zero-order valence-electron chi connectivity index (χ0n) is 23.3. The van der Waals surface area contributed by atoms with Crippen molar-refractivity contribution in [1.82, 2.24) is 14.9 Å². The highest BCUT2D eigenvalue weighted by Gasteiger charge is 2.33. The van der Waals surface area contributed by atoms with E-state index < -0.39 is 10.0 Å². The standard InChI is InChI=1S/C30H37N5O4S/c1-4-5-6-7-14-35-18-22-15-24(19-35)39-27-17-26(28-20(2)10-8-11-21(28)3)32-30(33-27)34-40(37,38)25-13-9-12-23(16-25)31-29(22)36/h8-13,16-17,22,24H,4-7,14-15,18-19H2,1-3H3,(H,31,36)(H,32,33,34)/t22-,24+/m1/s1. The van der Waals surface area contributed by atoms with Crippen LogP contribution in [-0.2, 0) is 14.8 Å². The molecule has 2 atom stereocenters. The molecule has 3 aromatic rings. The monoisotopic (exact) mass is 563 g/mol. The number of fused-ring (bicyclic) bond motifs is 6. The number of carbonyl (C=O) groups excluding carboxylic acids is 1. The Morgan fingerprint density at radius 2 is 1.77 bits per heavy atom. The smallest absolute Gasteiger partial charge is 0.264 e. The van der Waals surface area contributed by atoms with Crippen LogP contribution in [0, 0.1) is 19.8 Å². The van der Waals surface area contributed by atoms with Crippen molar-refractivity contribution in [2.75, 3.05) is 29.7 Å². The summed E-state index contributed by atoms with van der Waals surface area (Å²) in [6.45, 7) is 8.36. The van der Waals surface area contributed by atoms with Gasteiger partial charge in [0.1, 0.15) is 6.10 Å². The fraction of sp³-hybridized carbons (Fsp3) is 0.433. The quantitative estimate of drug-likeness (QED) is 0.398. The van der Waals surface area contributed by atoms with Crippen LogP contribution in [0.15, 0.2) is 53.4 Å². The van der Waals surface area contributed by atoms with Crippen molar-refractivity contribution in [2.24, 2.45) is 5.92 Å². The number of benzene rings is 2. The largest absolute Gasteiger partial charge is 0.473 e. The van der Waals surface area contributed by atoms with Crippen LogP contribution in [0.4, 0.5) is 11.6 Å². The first-order chi connectivity index (χ1) is 19.2. The highest BCUT2D eigenvalue weighted by Crippen LogP contribution is 2.31. The van der Waals surface area contributed by atoms with Crippen LogP contribution in [0.3, 0.4) is 0 Å². The van der Waals surface area contributed by atoms with Gasteiger partial charge in [-0.2, -0.15) is 4.98 Å². The summed E-state index contributed by atoms with van der Waals surface area (Å²) in [5, 5.41) is 2.93. The third-order valence-electron chi connectivity index (χ3n) is 7.55. The number of aryl methyl sites for hydroxylation is 2. The fourth-order valence-corrected chi connectivity index (χ4v) is 6.56. The number of piperidine rings is 1. The molecule has 2 N–H and O–H groups in total. The van der Waals surface area contributed by atoms with Crippen molar-refractivity contribution in [3.8, 4) is 17.1 Å². The predicted molar refractivity (Wildman–Crippen MR) is 156 cm³/mol. The topological polar surface area (TPSA) is 114 Å². The molecule has 212 valence electrons. The highest BCUT2D eigenvalue weighted by molar-refractivity contribution is 7.92. The highest BCUT2D eigenvalue weighted by atomic mass is 32.2.